The first-order valence-corrected chi connectivity index (χ1v) is 16.3. The Bertz CT molecular complexity index is 1900. The molecule has 14 heteroatoms. The van der Waals surface area contributed by atoms with Crippen molar-refractivity contribution in [3.8, 4) is 6.07 Å². The largest absolute Gasteiger partial charge is 0.333 e. The number of hydrazine groups is 1. The Morgan fingerprint density at radius 1 is 1.00 bits per heavy atom. The molecule has 2 aliphatic heterocycles. The van der Waals surface area contributed by atoms with Gasteiger partial charge in [-0.15, -0.1) is 0 Å². The van der Waals surface area contributed by atoms with Crippen molar-refractivity contribution in [1.82, 2.24) is 25.1 Å². The van der Waals surface area contributed by atoms with Crippen LogP contribution in [0.15, 0.2) is 91.0 Å². The van der Waals surface area contributed by atoms with Gasteiger partial charge in [-0.25, -0.2) is 18.4 Å². The molecule has 48 heavy (non-hydrogen) atoms. The van der Waals surface area contributed by atoms with Crippen LogP contribution in [-0.2, 0) is 40.4 Å². The van der Waals surface area contributed by atoms with E-state index in [1.54, 1.807) is 41.3 Å². The number of halogens is 1. The lowest BCUT2D eigenvalue weighted by molar-refractivity contribution is -0.157. The summed E-state index contributed by atoms with van der Waals surface area (Å²) in [4.78, 5) is 44.6. The van der Waals surface area contributed by atoms with Gasteiger partial charge >= 0.3 is 6.03 Å². The van der Waals surface area contributed by atoms with Gasteiger partial charge in [-0.3, -0.25) is 18.9 Å². The topological polar surface area (TPSA) is 149 Å². The molecule has 2 heterocycles. The molecular formula is C34H32FN7O5S. The van der Waals surface area contributed by atoms with Gasteiger partial charge in [0.1, 0.15) is 24.6 Å². The summed E-state index contributed by atoms with van der Waals surface area (Å²) in [5.74, 6) is -1.04. The highest BCUT2D eigenvalue weighted by Gasteiger charge is 2.52. The fourth-order valence-corrected chi connectivity index (χ4v) is 6.61. The van der Waals surface area contributed by atoms with Crippen LogP contribution in [-0.4, -0.2) is 78.3 Å². The third-order valence-electron chi connectivity index (χ3n) is 8.52. The molecule has 3 atom stereocenters. The van der Waals surface area contributed by atoms with Crippen LogP contribution in [0.5, 0.6) is 0 Å². The lowest BCUT2D eigenvalue weighted by Gasteiger charge is -2.46. The number of fused-ring (bicyclic) bond motifs is 2. The second-order valence-corrected chi connectivity index (χ2v) is 12.2. The van der Waals surface area contributed by atoms with Crippen LogP contribution in [0.3, 0.4) is 0 Å². The molecule has 0 radical (unpaired) electrons. The summed E-state index contributed by atoms with van der Waals surface area (Å²) in [6, 6.07) is 26.5. The number of anilines is 1. The van der Waals surface area contributed by atoms with Gasteiger partial charge in [-0.1, -0.05) is 66.7 Å². The van der Waals surface area contributed by atoms with Gasteiger partial charge in [0.05, 0.1) is 19.2 Å². The predicted octanol–water partition coefficient (Wildman–Crippen LogP) is 3.60. The van der Waals surface area contributed by atoms with Gasteiger partial charge in [0.25, 0.3) is 11.3 Å². The first-order valence-electron chi connectivity index (χ1n) is 15.2. The molecule has 2 aliphatic rings. The summed E-state index contributed by atoms with van der Waals surface area (Å²) >= 11 is -2.25. The number of rotatable bonds is 10. The molecule has 0 saturated carbocycles. The first-order chi connectivity index (χ1) is 23.2. The molecule has 4 amide bonds. The van der Waals surface area contributed by atoms with Crippen LogP contribution in [0.4, 0.5) is 14.9 Å². The second kappa shape index (κ2) is 14.2. The third-order valence-corrected chi connectivity index (χ3v) is 8.93. The number of piperazine rings is 1. The molecule has 2 fully saturated rings. The fourth-order valence-electron chi connectivity index (χ4n) is 6.28. The van der Waals surface area contributed by atoms with Gasteiger partial charge in [0.15, 0.2) is 0 Å². The molecule has 1 unspecified atom stereocenters. The van der Waals surface area contributed by atoms with Crippen molar-refractivity contribution in [2.75, 3.05) is 24.4 Å². The molecule has 12 nitrogen and oxygen atoms in total. The summed E-state index contributed by atoms with van der Waals surface area (Å²) < 4.78 is 36.1. The lowest BCUT2D eigenvalue weighted by Crippen LogP contribution is -2.66. The Labute approximate surface area is 278 Å². The summed E-state index contributed by atoms with van der Waals surface area (Å²) in [7, 11) is 0. The zero-order valence-electron chi connectivity index (χ0n) is 25.7. The van der Waals surface area contributed by atoms with Crippen LogP contribution < -0.4 is 10.0 Å². The standard InChI is InChI=1S/C34H32FN7O5S/c35-27-12-8-24(9-13-27)19-37-34(45)40(17-16-36)41-22-32(43)42-30(18-23-10-14-28(15-11-23)38-48(46)47)33(44)39(21-31(41)42)20-26-6-3-5-25-4-1-2-7-29(25)26/h1-15,30-31,38H,17-22H2,(H,37,45)(H,46,47)/t30-,31+/m0/s1. The van der Waals surface area contributed by atoms with Crippen LogP contribution in [0.2, 0.25) is 0 Å². The number of nitrogens with zero attached hydrogens (tertiary/aromatic N) is 5. The minimum Gasteiger partial charge on any atom is -0.333 e. The number of amides is 4. The van der Waals surface area contributed by atoms with Crippen LogP contribution in [0, 0.1) is 17.1 Å². The van der Waals surface area contributed by atoms with E-state index in [4.69, 9.17) is 4.55 Å². The maximum absolute atomic E-state index is 14.2. The fraction of sp³-hybridized carbons (Fsp3) is 0.235. The smallest absolute Gasteiger partial charge is 0.333 e. The average Bonchev–Trinajstić information content (AvgIpc) is 3.40. The predicted molar refractivity (Wildman–Crippen MR) is 176 cm³/mol. The van der Waals surface area contributed by atoms with Crippen molar-refractivity contribution in [2.45, 2.75) is 31.7 Å². The van der Waals surface area contributed by atoms with Gasteiger partial charge in [-0.2, -0.15) is 10.3 Å². The van der Waals surface area contributed by atoms with E-state index in [0.717, 1.165) is 16.3 Å². The van der Waals surface area contributed by atoms with E-state index in [9.17, 15) is 28.2 Å². The molecule has 4 aromatic carbocycles. The summed E-state index contributed by atoms with van der Waals surface area (Å²) in [5.41, 5.74) is 2.69. The first kappa shape index (κ1) is 32.6. The van der Waals surface area contributed by atoms with Gasteiger partial charge in [0.2, 0.25) is 11.8 Å². The van der Waals surface area contributed by atoms with Crippen LogP contribution in [0.25, 0.3) is 10.8 Å². The maximum atomic E-state index is 14.2. The lowest BCUT2D eigenvalue weighted by atomic mass is 9.99. The number of nitrogens with one attached hydrogen (secondary N) is 2. The van der Waals surface area contributed by atoms with E-state index in [2.05, 4.69) is 10.0 Å². The molecule has 6 rings (SSSR count). The molecular weight excluding hydrogens is 637 g/mol. The zero-order chi connectivity index (χ0) is 33.8. The molecule has 0 bridgehead atoms. The monoisotopic (exact) mass is 669 g/mol. The maximum Gasteiger partial charge on any atom is 0.333 e. The van der Waals surface area contributed by atoms with E-state index in [1.807, 2.05) is 48.5 Å². The average molecular weight is 670 g/mol. The van der Waals surface area contributed by atoms with E-state index >= 15 is 0 Å². The number of carbonyl (C=O) groups excluding carboxylic acids is 3. The van der Waals surface area contributed by atoms with E-state index in [1.165, 1.54) is 27.1 Å². The van der Waals surface area contributed by atoms with Crippen molar-refractivity contribution in [3.05, 3.63) is 114 Å². The highest BCUT2D eigenvalue weighted by Crippen LogP contribution is 2.31. The SMILES string of the molecule is N#CCN(C(=O)NCc1ccc(F)cc1)N1CC(=O)N2[C@@H](Cc3ccc(NS(=O)O)cc3)C(=O)N(Cc3cccc4ccccc34)C[C@@H]21. The van der Waals surface area contributed by atoms with Gasteiger partial charge in [-0.05, 0) is 51.7 Å². The Hall–Kier alpha value is -5.36. The summed E-state index contributed by atoms with van der Waals surface area (Å²) in [6.45, 7) is -0.172. The number of benzene rings is 4. The number of urea groups is 1. The Balaban J connectivity index is 1.31. The zero-order valence-corrected chi connectivity index (χ0v) is 26.5. The number of hydrogen-bond donors (Lipinski definition) is 3. The Morgan fingerprint density at radius 2 is 1.71 bits per heavy atom. The molecule has 246 valence electrons. The van der Waals surface area contributed by atoms with Crippen molar-refractivity contribution < 1.29 is 27.5 Å². The van der Waals surface area contributed by atoms with E-state index in [-0.39, 0.29) is 51.0 Å². The molecule has 3 N–H and O–H groups in total. The highest BCUT2D eigenvalue weighted by atomic mass is 32.2. The van der Waals surface area contributed by atoms with Crippen LogP contribution >= 0.6 is 0 Å². The number of carbonyl (C=O) groups is 3. The van der Waals surface area contributed by atoms with Crippen molar-refractivity contribution in [3.63, 3.8) is 0 Å². The van der Waals surface area contributed by atoms with E-state index in [0.29, 0.717) is 16.8 Å². The molecule has 0 spiro atoms. The van der Waals surface area contributed by atoms with Crippen molar-refractivity contribution >= 4 is 45.6 Å². The van der Waals surface area contributed by atoms with Crippen LogP contribution in [0.1, 0.15) is 16.7 Å². The number of nitriles is 1. The summed E-state index contributed by atoms with van der Waals surface area (Å²) in [5, 5.41) is 17.2. The third kappa shape index (κ3) is 6.98. The van der Waals surface area contributed by atoms with Gasteiger partial charge in [0, 0.05) is 25.2 Å². The van der Waals surface area contributed by atoms with E-state index < -0.39 is 35.3 Å². The minimum atomic E-state index is -2.25. The Kier molecular flexibility index (Phi) is 9.62. The minimum absolute atomic E-state index is 0.0697. The number of hydrogen-bond acceptors (Lipinski definition) is 6. The molecule has 2 saturated heterocycles. The van der Waals surface area contributed by atoms with Crippen molar-refractivity contribution in [2.24, 2.45) is 0 Å². The van der Waals surface area contributed by atoms with Crippen molar-refractivity contribution in [1.29, 1.82) is 5.26 Å². The molecule has 4 aromatic rings. The Morgan fingerprint density at radius 3 is 2.44 bits per heavy atom. The normalized spacial score (nSPS) is 18.4. The highest BCUT2D eigenvalue weighted by molar-refractivity contribution is 7.80. The second-order valence-electron chi connectivity index (χ2n) is 11.5. The molecule has 0 aromatic heterocycles. The van der Waals surface area contributed by atoms with Gasteiger partial charge < -0.3 is 15.1 Å². The summed E-state index contributed by atoms with van der Waals surface area (Å²) in [6.07, 6.45) is -0.601. The molecule has 0 aliphatic carbocycles. The quantitative estimate of drug-likeness (QED) is 0.173.